The molecular formula is C13H15NS2. The highest BCUT2D eigenvalue weighted by Gasteiger charge is 2.26. The van der Waals surface area contributed by atoms with E-state index in [0.717, 1.165) is 27.5 Å². The smallest absolute Gasteiger partial charge is 0.114 e. The van der Waals surface area contributed by atoms with Gasteiger partial charge in [0.15, 0.2) is 0 Å². The Morgan fingerprint density at radius 2 is 1.75 bits per heavy atom. The molecule has 1 aliphatic rings. The number of nitrogens with zero attached hydrogens (tertiary/aromatic N) is 1. The van der Waals surface area contributed by atoms with Crippen LogP contribution >= 0.6 is 24.4 Å². The summed E-state index contributed by atoms with van der Waals surface area (Å²) in [7, 11) is 1.94. The molecule has 1 heterocycles. The third-order valence-corrected chi connectivity index (χ3v) is 3.79. The maximum atomic E-state index is 5.39. The van der Waals surface area contributed by atoms with E-state index in [0.29, 0.717) is 5.92 Å². The average Bonchev–Trinajstić information content (AvgIpc) is 2.43. The Hall–Kier alpha value is -0.800. The Kier molecular flexibility index (Phi) is 3.08. The van der Waals surface area contributed by atoms with E-state index in [1.807, 2.05) is 11.9 Å². The molecule has 16 heavy (non-hydrogen) atoms. The van der Waals surface area contributed by atoms with E-state index in [2.05, 4.69) is 32.0 Å². The van der Waals surface area contributed by atoms with Crippen LogP contribution in [-0.2, 0) is 6.42 Å². The summed E-state index contributed by atoms with van der Waals surface area (Å²) in [5, 5.41) is 0. The van der Waals surface area contributed by atoms with Crippen molar-refractivity contribution in [2.75, 3.05) is 7.05 Å². The van der Waals surface area contributed by atoms with Gasteiger partial charge in [0.05, 0.1) is 0 Å². The van der Waals surface area contributed by atoms with Crippen LogP contribution in [0.5, 0.6) is 0 Å². The van der Waals surface area contributed by atoms with Gasteiger partial charge in [0.1, 0.15) is 9.98 Å². The van der Waals surface area contributed by atoms with Gasteiger partial charge in [-0.15, -0.1) is 0 Å². The van der Waals surface area contributed by atoms with Gasteiger partial charge in [-0.1, -0.05) is 50.4 Å². The average molecular weight is 249 g/mol. The first-order chi connectivity index (χ1) is 7.50. The van der Waals surface area contributed by atoms with Gasteiger partial charge in [-0.25, -0.2) is 0 Å². The van der Waals surface area contributed by atoms with Crippen molar-refractivity contribution in [2.45, 2.75) is 20.3 Å². The van der Waals surface area contributed by atoms with Crippen molar-refractivity contribution in [1.29, 1.82) is 0 Å². The van der Waals surface area contributed by atoms with Gasteiger partial charge in [0.25, 0.3) is 0 Å². The van der Waals surface area contributed by atoms with E-state index in [9.17, 15) is 0 Å². The summed E-state index contributed by atoms with van der Waals surface area (Å²) in [6.45, 7) is 4.45. The summed E-state index contributed by atoms with van der Waals surface area (Å²) in [5.41, 5.74) is 3.57. The van der Waals surface area contributed by atoms with Gasteiger partial charge < -0.3 is 4.90 Å². The molecule has 0 radical (unpaired) electrons. The fourth-order valence-electron chi connectivity index (χ4n) is 2.01. The normalized spacial score (nSPS) is 14.9. The standard InChI is InChI=1S/C13H15NS2/c1-8(2)6-9-4-5-10-11(7-9)13(16)14(3)12(10)15/h4-5,7-8H,6H2,1-3H3. The van der Waals surface area contributed by atoms with Crippen LogP contribution in [-0.4, -0.2) is 21.9 Å². The molecule has 0 saturated heterocycles. The minimum absolute atomic E-state index is 0.665. The van der Waals surface area contributed by atoms with Crippen molar-refractivity contribution in [2.24, 2.45) is 5.92 Å². The Morgan fingerprint density at radius 1 is 1.12 bits per heavy atom. The van der Waals surface area contributed by atoms with Gasteiger partial charge in [0.2, 0.25) is 0 Å². The molecule has 1 aliphatic heterocycles. The molecule has 0 bridgehead atoms. The molecular weight excluding hydrogens is 234 g/mol. The lowest BCUT2D eigenvalue weighted by atomic mass is 9.99. The molecule has 1 aromatic rings. The van der Waals surface area contributed by atoms with Gasteiger partial charge in [-0.3, -0.25) is 0 Å². The van der Waals surface area contributed by atoms with Crippen molar-refractivity contribution >= 4 is 34.4 Å². The zero-order valence-electron chi connectivity index (χ0n) is 9.78. The number of hydrogen-bond acceptors (Lipinski definition) is 2. The molecule has 0 saturated carbocycles. The van der Waals surface area contributed by atoms with Crippen molar-refractivity contribution in [3.05, 3.63) is 34.9 Å². The summed E-state index contributed by atoms with van der Waals surface area (Å²) in [5.74, 6) is 0.665. The molecule has 1 nitrogen and oxygen atoms in total. The Balaban J connectivity index is 2.41. The second kappa shape index (κ2) is 4.22. The van der Waals surface area contributed by atoms with Crippen molar-refractivity contribution in [3.63, 3.8) is 0 Å². The maximum Gasteiger partial charge on any atom is 0.114 e. The Bertz CT molecular complexity index is 463. The third-order valence-electron chi connectivity index (χ3n) is 2.80. The van der Waals surface area contributed by atoms with Crippen LogP contribution in [0.25, 0.3) is 0 Å². The molecule has 0 atom stereocenters. The van der Waals surface area contributed by atoms with Crippen LogP contribution in [0.15, 0.2) is 18.2 Å². The first-order valence-electron chi connectivity index (χ1n) is 5.46. The molecule has 1 aromatic carbocycles. The highest BCUT2D eigenvalue weighted by atomic mass is 32.1. The molecule has 0 aromatic heterocycles. The lowest BCUT2D eigenvalue weighted by molar-refractivity contribution is 0.647. The molecule has 0 amide bonds. The highest BCUT2D eigenvalue weighted by molar-refractivity contribution is 7.82. The predicted molar refractivity (Wildman–Crippen MR) is 76.1 cm³/mol. The predicted octanol–water partition coefficient (Wildman–Crippen LogP) is 3.18. The van der Waals surface area contributed by atoms with Crippen LogP contribution in [0.2, 0.25) is 0 Å². The number of benzene rings is 1. The maximum absolute atomic E-state index is 5.39. The van der Waals surface area contributed by atoms with E-state index >= 15 is 0 Å². The number of thiocarbonyl (C=S) groups is 2. The van der Waals surface area contributed by atoms with Crippen LogP contribution in [0.4, 0.5) is 0 Å². The fraction of sp³-hybridized carbons (Fsp3) is 0.385. The number of rotatable bonds is 2. The quantitative estimate of drug-likeness (QED) is 0.741. The topological polar surface area (TPSA) is 3.24 Å². The monoisotopic (exact) mass is 249 g/mol. The van der Waals surface area contributed by atoms with Crippen molar-refractivity contribution < 1.29 is 0 Å². The second-order valence-corrected chi connectivity index (χ2v) is 5.42. The molecule has 0 unspecified atom stereocenters. The SMILES string of the molecule is CC(C)Cc1ccc2c(c1)C(=S)N(C)C2=S. The largest absolute Gasteiger partial charge is 0.326 e. The molecule has 0 N–H and O–H groups in total. The third kappa shape index (κ3) is 1.89. The summed E-state index contributed by atoms with van der Waals surface area (Å²) >= 11 is 10.7. The van der Waals surface area contributed by atoms with E-state index in [1.165, 1.54) is 5.56 Å². The van der Waals surface area contributed by atoms with E-state index in [1.54, 1.807) is 0 Å². The second-order valence-electron chi connectivity index (χ2n) is 4.65. The van der Waals surface area contributed by atoms with Crippen molar-refractivity contribution in [1.82, 2.24) is 4.90 Å². The van der Waals surface area contributed by atoms with Gasteiger partial charge in [-0.05, 0) is 24.0 Å². The highest BCUT2D eigenvalue weighted by Crippen LogP contribution is 2.25. The van der Waals surface area contributed by atoms with Crippen LogP contribution < -0.4 is 0 Å². The molecule has 2 rings (SSSR count). The fourth-order valence-corrected chi connectivity index (χ4v) is 2.59. The Morgan fingerprint density at radius 3 is 2.38 bits per heavy atom. The first kappa shape index (κ1) is 11.7. The molecule has 3 heteroatoms. The summed E-state index contributed by atoms with van der Waals surface area (Å²) in [4.78, 5) is 3.61. The minimum atomic E-state index is 0.665. The van der Waals surface area contributed by atoms with E-state index < -0.39 is 0 Å². The number of hydrogen-bond donors (Lipinski definition) is 0. The van der Waals surface area contributed by atoms with Gasteiger partial charge in [-0.2, -0.15) is 0 Å². The Labute approximate surface area is 107 Å². The first-order valence-corrected chi connectivity index (χ1v) is 6.27. The van der Waals surface area contributed by atoms with E-state index in [-0.39, 0.29) is 0 Å². The molecule has 0 aliphatic carbocycles. The van der Waals surface area contributed by atoms with E-state index in [4.69, 9.17) is 24.4 Å². The lowest BCUT2D eigenvalue weighted by Crippen LogP contribution is -2.22. The zero-order valence-corrected chi connectivity index (χ0v) is 11.4. The van der Waals surface area contributed by atoms with Crippen LogP contribution in [0.1, 0.15) is 30.5 Å². The molecule has 0 spiro atoms. The van der Waals surface area contributed by atoms with Crippen molar-refractivity contribution in [3.8, 4) is 0 Å². The number of fused-ring (bicyclic) bond motifs is 1. The molecule has 84 valence electrons. The van der Waals surface area contributed by atoms with Crippen LogP contribution in [0, 0.1) is 5.92 Å². The minimum Gasteiger partial charge on any atom is -0.326 e. The lowest BCUT2D eigenvalue weighted by Gasteiger charge is -2.09. The zero-order chi connectivity index (χ0) is 11.9. The summed E-state index contributed by atoms with van der Waals surface area (Å²) < 4.78 is 0. The van der Waals surface area contributed by atoms with Crippen LogP contribution in [0.3, 0.4) is 0 Å². The molecule has 0 fully saturated rings. The van der Waals surface area contributed by atoms with Gasteiger partial charge >= 0.3 is 0 Å². The summed E-state index contributed by atoms with van der Waals surface area (Å²) in [6.07, 6.45) is 1.09. The summed E-state index contributed by atoms with van der Waals surface area (Å²) in [6, 6.07) is 6.45. The van der Waals surface area contributed by atoms with Gasteiger partial charge in [0, 0.05) is 18.2 Å².